The summed E-state index contributed by atoms with van der Waals surface area (Å²) in [6.07, 6.45) is 4.83. The number of carbonyl (C=O) groups is 1. The molecule has 16 heavy (non-hydrogen) atoms. The summed E-state index contributed by atoms with van der Waals surface area (Å²) in [6, 6.07) is 0. The molecule has 4 N–H and O–H groups in total. The summed E-state index contributed by atoms with van der Waals surface area (Å²) < 4.78 is 5.51. The van der Waals surface area contributed by atoms with Crippen molar-refractivity contribution in [3.8, 4) is 0 Å². The second kappa shape index (κ2) is 4.98. The lowest BCUT2D eigenvalue weighted by atomic mass is 10.1. The van der Waals surface area contributed by atoms with Gasteiger partial charge in [0.25, 0.3) is 5.91 Å². The first-order chi connectivity index (χ1) is 7.77. The Balaban J connectivity index is 1.81. The lowest BCUT2D eigenvalue weighted by Gasteiger charge is -2.22. The molecule has 0 bridgehead atoms. The first-order valence-electron chi connectivity index (χ1n) is 5.46. The molecule has 1 atom stereocenters. The second-order valence-electron chi connectivity index (χ2n) is 3.90. The molecule has 1 fully saturated rings. The van der Waals surface area contributed by atoms with Gasteiger partial charge >= 0.3 is 0 Å². The topological polar surface area (TPSA) is 93.0 Å². The minimum atomic E-state index is -0.208. The van der Waals surface area contributed by atoms with Crippen LogP contribution in [-0.2, 0) is 4.74 Å². The van der Waals surface area contributed by atoms with Gasteiger partial charge in [0.05, 0.1) is 12.3 Å². The molecule has 6 nitrogen and oxygen atoms in total. The van der Waals surface area contributed by atoms with Crippen molar-refractivity contribution in [2.45, 2.75) is 25.4 Å². The summed E-state index contributed by atoms with van der Waals surface area (Å²) in [5, 5.41) is 9.01. The molecule has 1 unspecified atom stereocenters. The van der Waals surface area contributed by atoms with E-state index >= 15 is 0 Å². The van der Waals surface area contributed by atoms with Crippen LogP contribution in [0.25, 0.3) is 0 Å². The van der Waals surface area contributed by atoms with Crippen LogP contribution in [0.4, 0.5) is 5.82 Å². The zero-order valence-corrected chi connectivity index (χ0v) is 9.03. The third-order valence-electron chi connectivity index (χ3n) is 2.68. The van der Waals surface area contributed by atoms with Crippen molar-refractivity contribution in [2.75, 3.05) is 18.9 Å². The van der Waals surface area contributed by atoms with Crippen LogP contribution < -0.4 is 11.1 Å². The third kappa shape index (κ3) is 2.52. The van der Waals surface area contributed by atoms with Gasteiger partial charge in [0.15, 0.2) is 0 Å². The number of hydrogen-bond acceptors (Lipinski definition) is 4. The lowest BCUT2D eigenvalue weighted by molar-refractivity contribution is 0.0169. The molecule has 2 heterocycles. The molecule has 0 spiro atoms. The van der Waals surface area contributed by atoms with Gasteiger partial charge < -0.3 is 15.8 Å². The van der Waals surface area contributed by atoms with E-state index in [4.69, 9.17) is 10.5 Å². The van der Waals surface area contributed by atoms with Crippen molar-refractivity contribution in [2.24, 2.45) is 0 Å². The molecule has 0 aromatic carbocycles. The molecule has 1 amide bonds. The molecule has 0 saturated carbocycles. The van der Waals surface area contributed by atoms with E-state index < -0.39 is 0 Å². The van der Waals surface area contributed by atoms with Crippen molar-refractivity contribution in [3.05, 3.63) is 11.8 Å². The molecule has 0 aliphatic carbocycles. The van der Waals surface area contributed by atoms with Crippen molar-refractivity contribution >= 4 is 11.7 Å². The van der Waals surface area contributed by atoms with Crippen LogP contribution in [0.2, 0.25) is 0 Å². The molecule has 88 valence electrons. The minimum Gasteiger partial charge on any atom is -0.383 e. The number of nitrogens with two attached hydrogens (primary N) is 1. The number of ether oxygens (including phenoxy) is 1. The maximum Gasteiger partial charge on any atom is 0.256 e. The molecule has 1 aromatic rings. The summed E-state index contributed by atoms with van der Waals surface area (Å²) in [4.78, 5) is 11.7. The van der Waals surface area contributed by atoms with Crippen LogP contribution in [0.15, 0.2) is 6.20 Å². The molecule has 1 aromatic heterocycles. The van der Waals surface area contributed by atoms with Crippen molar-refractivity contribution in [1.29, 1.82) is 0 Å². The Morgan fingerprint density at radius 2 is 2.56 bits per heavy atom. The Morgan fingerprint density at radius 1 is 1.69 bits per heavy atom. The number of anilines is 1. The second-order valence-corrected chi connectivity index (χ2v) is 3.90. The number of amides is 1. The van der Waals surface area contributed by atoms with Gasteiger partial charge in [0, 0.05) is 13.2 Å². The average Bonchev–Trinajstić information content (AvgIpc) is 2.74. The normalized spacial score (nSPS) is 20.6. The zero-order valence-electron chi connectivity index (χ0n) is 9.03. The third-order valence-corrected chi connectivity index (χ3v) is 2.68. The average molecular weight is 224 g/mol. The highest BCUT2D eigenvalue weighted by atomic mass is 16.5. The SMILES string of the molecule is Nc1[nH]ncc1C(=O)NCC1CCCCO1. The maximum atomic E-state index is 11.7. The Kier molecular flexibility index (Phi) is 3.40. The lowest BCUT2D eigenvalue weighted by Crippen LogP contribution is -2.35. The highest BCUT2D eigenvalue weighted by Crippen LogP contribution is 2.12. The fraction of sp³-hybridized carbons (Fsp3) is 0.600. The van der Waals surface area contributed by atoms with Crippen LogP contribution in [0.3, 0.4) is 0 Å². The number of carbonyl (C=O) groups excluding carboxylic acids is 1. The fourth-order valence-corrected chi connectivity index (χ4v) is 1.75. The largest absolute Gasteiger partial charge is 0.383 e. The van der Waals surface area contributed by atoms with Crippen LogP contribution in [0.5, 0.6) is 0 Å². The molecule has 6 heteroatoms. The van der Waals surface area contributed by atoms with Crippen LogP contribution >= 0.6 is 0 Å². The number of rotatable bonds is 3. The number of aromatic amines is 1. The van der Waals surface area contributed by atoms with Crippen molar-refractivity contribution in [3.63, 3.8) is 0 Å². The molecule has 1 saturated heterocycles. The Hall–Kier alpha value is -1.56. The molecule has 1 aliphatic rings. The van der Waals surface area contributed by atoms with Crippen LogP contribution in [0.1, 0.15) is 29.6 Å². The van der Waals surface area contributed by atoms with Gasteiger partial charge in [-0.05, 0) is 19.3 Å². The van der Waals surface area contributed by atoms with Crippen molar-refractivity contribution in [1.82, 2.24) is 15.5 Å². The van der Waals surface area contributed by atoms with E-state index in [1.54, 1.807) is 0 Å². The highest BCUT2D eigenvalue weighted by Gasteiger charge is 2.16. The van der Waals surface area contributed by atoms with Gasteiger partial charge in [-0.25, -0.2) is 0 Å². The van der Waals surface area contributed by atoms with Gasteiger partial charge in [0.1, 0.15) is 11.4 Å². The van der Waals surface area contributed by atoms with Crippen LogP contribution in [-0.4, -0.2) is 35.4 Å². The van der Waals surface area contributed by atoms with Crippen molar-refractivity contribution < 1.29 is 9.53 Å². The Labute approximate surface area is 93.5 Å². The number of nitrogen functional groups attached to an aromatic ring is 1. The predicted molar refractivity (Wildman–Crippen MR) is 58.9 cm³/mol. The van der Waals surface area contributed by atoms with E-state index in [2.05, 4.69) is 15.5 Å². The number of aromatic nitrogens is 2. The summed E-state index contributed by atoms with van der Waals surface area (Å²) in [5.74, 6) is 0.0856. The smallest absolute Gasteiger partial charge is 0.256 e. The standard InChI is InChI=1S/C10H16N4O2/c11-9-8(6-13-14-9)10(15)12-5-7-3-1-2-4-16-7/h6-7H,1-5H2,(H,12,15)(H3,11,13,14). The molecular weight excluding hydrogens is 208 g/mol. The molecule has 2 rings (SSSR count). The van der Waals surface area contributed by atoms with Gasteiger partial charge in [-0.3, -0.25) is 9.89 Å². The van der Waals surface area contributed by atoms with E-state index in [9.17, 15) is 4.79 Å². The summed E-state index contributed by atoms with van der Waals surface area (Å²) in [5.41, 5.74) is 5.93. The van der Waals surface area contributed by atoms with Gasteiger partial charge in [-0.15, -0.1) is 0 Å². The van der Waals surface area contributed by atoms with E-state index in [-0.39, 0.29) is 12.0 Å². The zero-order chi connectivity index (χ0) is 11.4. The summed E-state index contributed by atoms with van der Waals surface area (Å²) in [7, 11) is 0. The number of nitrogens with one attached hydrogen (secondary N) is 2. The number of nitrogens with zero attached hydrogens (tertiary/aromatic N) is 1. The Morgan fingerprint density at radius 3 is 3.19 bits per heavy atom. The van der Waals surface area contributed by atoms with E-state index in [0.29, 0.717) is 17.9 Å². The van der Waals surface area contributed by atoms with E-state index in [0.717, 1.165) is 25.9 Å². The molecule has 0 radical (unpaired) electrons. The predicted octanol–water partition coefficient (Wildman–Crippen LogP) is 0.291. The van der Waals surface area contributed by atoms with Crippen LogP contribution in [0, 0.1) is 0 Å². The maximum absolute atomic E-state index is 11.7. The molecule has 1 aliphatic heterocycles. The monoisotopic (exact) mass is 224 g/mol. The molecular formula is C10H16N4O2. The Bertz CT molecular complexity index is 357. The van der Waals surface area contributed by atoms with Gasteiger partial charge in [0.2, 0.25) is 0 Å². The van der Waals surface area contributed by atoms with E-state index in [1.807, 2.05) is 0 Å². The summed E-state index contributed by atoms with van der Waals surface area (Å²) >= 11 is 0. The first-order valence-corrected chi connectivity index (χ1v) is 5.46. The van der Waals surface area contributed by atoms with E-state index in [1.165, 1.54) is 6.20 Å². The minimum absolute atomic E-state index is 0.130. The number of H-pyrrole nitrogens is 1. The first kappa shape index (κ1) is 10.9. The van der Waals surface area contributed by atoms with Gasteiger partial charge in [-0.2, -0.15) is 5.10 Å². The number of hydrogen-bond donors (Lipinski definition) is 3. The fourth-order valence-electron chi connectivity index (χ4n) is 1.75. The van der Waals surface area contributed by atoms with Gasteiger partial charge in [-0.1, -0.05) is 0 Å². The quantitative estimate of drug-likeness (QED) is 0.688. The summed E-state index contributed by atoms with van der Waals surface area (Å²) in [6.45, 7) is 1.32. The highest BCUT2D eigenvalue weighted by molar-refractivity contribution is 5.98.